The lowest BCUT2D eigenvalue weighted by Crippen LogP contribution is -2.43. The number of aromatic nitrogens is 3. The molecule has 2 aromatic carbocycles. The van der Waals surface area contributed by atoms with E-state index >= 15 is 0 Å². The van der Waals surface area contributed by atoms with E-state index in [4.69, 9.17) is 23.2 Å². The summed E-state index contributed by atoms with van der Waals surface area (Å²) in [5.41, 5.74) is 1.91. The Bertz CT molecular complexity index is 1290. The first-order valence-electron chi connectivity index (χ1n) is 11.9. The van der Waals surface area contributed by atoms with Gasteiger partial charge in [0.25, 0.3) is 0 Å². The van der Waals surface area contributed by atoms with Crippen molar-refractivity contribution in [3.8, 4) is 5.69 Å². The first-order chi connectivity index (χ1) is 17.7. The van der Waals surface area contributed by atoms with Gasteiger partial charge in [0.1, 0.15) is 5.69 Å². The maximum Gasteiger partial charge on any atom is 0.223 e. The second-order valence-electron chi connectivity index (χ2n) is 9.10. The third kappa shape index (κ3) is 6.97. The molecule has 0 radical (unpaired) electrons. The zero-order valence-corrected chi connectivity index (χ0v) is 23.3. The van der Waals surface area contributed by atoms with Crippen LogP contribution in [0.1, 0.15) is 42.2 Å². The lowest BCUT2D eigenvalue weighted by atomic mass is 9.93. The topological polar surface area (TPSA) is 97.2 Å². The van der Waals surface area contributed by atoms with Gasteiger partial charge in [0.05, 0.1) is 18.4 Å². The normalized spacial score (nSPS) is 14.9. The van der Waals surface area contributed by atoms with Crippen LogP contribution in [0.15, 0.2) is 53.1 Å². The van der Waals surface area contributed by atoms with Crippen LogP contribution >= 0.6 is 39.1 Å². The number of nitrogens with zero attached hydrogens (tertiary/aromatic N) is 4. The van der Waals surface area contributed by atoms with Crippen LogP contribution in [0.3, 0.4) is 0 Å². The lowest BCUT2D eigenvalue weighted by molar-refractivity contribution is -0.136. The van der Waals surface area contributed by atoms with Gasteiger partial charge >= 0.3 is 0 Å². The van der Waals surface area contributed by atoms with Gasteiger partial charge in [-0.25, -0.2) is 4.68 Å². The first-order valence-corrected chi connectivity index (χ1v) is 13.5. The lowest BCUT2D eigenvalue weighted by Gasteiger charge is -2.32. The smallest absolute Gasteiger partial charge is 0.223 e. The van der Waals surface area contributed by atoms with E-state index in [-0.39, 0.29) is 36.5 Å². The van der Waals surface area contributed by atoms with Crippen LogP contribution in [0.25, 0.3) is 5.69 Å². The number of amides is 2. The maximum atomic E-state index is 12.8. The minimum Gasteiger partial charge on any atom is -0.350 e. The Morgan fingerprint density at radius 2 is 1.76 bits per heavy atom. The molecule has 0 spiro atoms. The molecule has 1 N–H and O–H groups in total. The standard InChI is InChI=1S/C26H26BrCl2N5O3/c1-16(25(36)17-2-4-19(28)5-3-17)12-24(35)33-10-8-18(9-11-33)26(37)30-14-21-15-34(32-31-21)23-13-20(29)6-7-22(23)27/h2-7,13,15-16,18H,8-12,14H2,1H3,(H,30,37). The number of halogens is 3. The van der Waals surface area contributed by atoms with Crippen molar-refractivity contribution in [2.24, 2.45) is 11.8 Å². The molecule has 0 bridgehead atoms. The van der Waals surface area contributed by atoms with Gasteiger partial charge in [-0.3, -0.25) is 14.4 Å². The molecule has 37 heavy (non-hydrogen) atoms. The zero-order chi connectivity index (χ0) is 26.5. The SMILES string of the molecule is CC(CC(=O)N1CCC(C(=O)NCc2cn(-c3cc(Cl)ccc3Br)nn2)CC1)C(=O)c1ccc(Cl)cc1. The average molecular weight is 607 g/mol. The first kappa shape index (κ1) is 27.3. The summed E-state index contributed by atoms with van der Waals surface area (Å²) in [4.78, 5) is 39.9. The molecule has 2 heterocycles. The molecule has 0 saturated carbocycles. The number of hydrogen-bond donors (Lipinski definition) is 1. The predicted molar refractivity (Wildman–Crippen MR) is 145 cm³/mol. The van der Waals surface area contributed by atoms with Crippen molar-refractivity contribution in [1.82, 2.24) is 25.2 Å². The molecular weight excluding hydrogens is 581 g/mol. The van der Waals surface area contributed by atoms with Crippen LogP contribution in [-0.2, 0) is 16.1 Å². The predicted octanol–water partition coefficient (Wildman–Crippen LogP) is 5.10. The van der Waals surface area contributed by atoms with E-state index in [9.17, 15) is 14.4 Å². The van der Waals surface area contributed by atoms with Crippen molar-refractivity contribution in [2.45, 2.75) is 32.7 Å². The minimum atomic E-state index is -0.435. The van der Waals surface area contributed by atoms with Crippen molar-refractivity contribution >= 4 is 56.7 Å². The van der Waals surface area contributed by atoms with Gasteiger partial charge in [-0.05, 0) is 71.2 Å². The van der Waals surface area contributed by atoms with Gasteiger partial charge in [0.2, 0.25) is 11.8 Å². The van der Waals surface area contributed by atoms with E-state index in [1.54, 1.807) is 59.1 Å². The minimum absolute atomic E-state index is 0.0718. The highest BCUT2D eigenvalue weighted by Gasteiger charge is 2.29. The van der Waals surface area contributed by atoms with Crippen LogP contribution in [0, 0.1) is 11.8 Å². The highest BCUT2D eigenvalue weighted by Crippen LogP contribution is 2.24. The Morgan fingerprint density at radius 1 is 1.08 bits per heavy atom. The number of carbonyl (C=O) groups is 3. The van der Waals surface area contributed by atoms with Crippen molar-refractivity contribution in [3.63, 3.8) is 0 Å². The highest BCUT2D eigenvalue weighted by molar-refractivity contribution is 9.10. The molecular formula is C26H26BrCl2N5O3. The summed E-state index contributed by atoms with van der Waals surface area (Å²) in [6.07, 6.45) is 3.01. The molecule has 1 aliphatic heterocycles. The fourth-order valence-corrected chi connectivity index (χ4v) is 4.97. The summed E-state index contributed by atoms with van der Waals surface area (Å²) in [5.74, 6) is -0.849. The van der Waals surface area contributed by atoms with Crippen molar-refractivity contribution < 1.29 is 14.4 Å². The van der Waals surface area contributed by atoms with Crippen LogP contribution < -0.4 is 5.32 Å². The number of carbonyl (C=O) groups excluding carboxylic acids is 3. The summed E-state index contributed by atoms with van der Waals surface area (Å²) in [6, 6.07) is 12.0. The van der Waals surface area contributed by atoms with E-state index in [0.717, 1.165) is 10.2 Å². The van der Waals surface area contributed by atoms with Gasteiger partial charge in [-0.1, -0.05) is 35.3 Å². The molecule has 3 aromatic rings. The Hall–Kier alpha value is -2.75. The van der Waals surface area contributed by atoms with E-state index in [0.29, 0.717) is 47.2 Å². The van der Waals surface area contributed by atoms with Crippen molar-refractivity contribution in [2.75, 3.05) is 13.1 Å². The van der Waals surface area contributed by atoms with Crippen LogP contribution in [0.5, 0.6) is 0 Å². The van der Waals surface area contributed by atoms with Gasteiger partial charge in [-0.15, -0.1) is 5.10 Å². The number of nitrogens with one attached hydrogen (secondary N) is 1. The Morgan fingerprint density at radius 3 is 2.46 bits per heavy atom. The van der Waals surface area contributed by atoms with Gasteiger partial charge in [0.15, 0.2) is 5.78 Å². The van der Waals surface area contributed by atoms with E-state index in [2.05, 4.69) is 31.6 Å². The van der Waals surface area contributed by atoms with Gasteiger partial charge in [0, 0.05) is 51.4 Å². The Balaban J connectivity index is 1.23. The summed E-state index contributed by atoms with van der Waals surface area (Å²) in [5, 5.41) is 12.3. The van der Waals surface area contributed by atoms with Crippen molar-refractivity contribution in [3.05, 3.63) is 74.4 Å². The molecule has 1 atom stereocenters. The van der Waals surface area contributed by atoms with E-state index < -0.39 is 5.92 Å². The fourth-order valence-electron chi connectivity index (χ4n) is 4.25. The second kappa shape index (κ2) is 12.2. The summed E-state index contributed by atoms with van der Waals surface area (Å²) < 4.78 is 2.42. The summed E-state index contributed by atoms with van der Waals surface area (Å²) >= 11 is 15.4. The number of ketones is 1. The molecule has 194 valence electrons. The maximum absolute atomic E-state index is 12.8. The molecule has 1 aliphatic rings. The third-order valence-electron chi connectivity index (χ3n) is 6.42. The number of Topliss-reactive ketones (excluding diaryl/α,β-unsaturated/α-hetero) is 1. The summed E-state index contributed by atoms with van der Waals surface area (Å²) in [6.45, 7) is 2.98. The third-order valence-corrected chi connectivity index (χ3v) is 7.57. The average Bonchev–Trinajstić information content (AvgIpc) is 3.37. The molecule has 0 aliphatic carbocycles. The van der Waals surface area contributed by atoms with Crippen LogP contribution in [0.4, 0.5) is 0 Å². The second-order valence-corrected chi connectivity index (χ2v) is 10.8. The van der Waals surface area contributed by atoms with E-state index in [1.807, 2.05) is 6.07 Å². The molecule has 1 saturated heterocycles. The van der Waals surface area contributed by atoms with Crippen molar-refractivity contribution in [1.29, 1.82) is 0 Å². The van der Waals surface area contributed by atoms with E-state index in [1.165, 1.54) is 0 Å². The highest BCUT2D eigenvalue weighted by atomic mass is 79.9. The molecule has 1 aromatic heterocycles. The quantitative estimate of drug-likeness (QED) is 0.360. The van der Waals surface area contributed by atoms with Crippen LogP contribution in [0.2, 0.25) is 10.0 Å². The van der Waals surface area contributed by atoms with Gasteiger partial charge < -0.3 is 10.2 Å². The zero-order valence-electron chi connectivity index (χ0n) is 20.2. The monoisotopic (exact) mass is 605 g/mol. The fraction of sp³-hybridized carbons (Fsp3) is 0.346. The number of piperidine rings is 1. The largest absolute Gasteiger partial charge is 0.350 e. The number of likely N-dealkylation sites (tertiary alicyclic amines) is 1. The molecule has 11 heteroatoms. The van der Waals surface area contributed by atoms with Gasteiger partial charge in [-0.2, -0.15) is 0 Å². The number of benzene rings is 2. The molecule has 4 rings (SSSR count). The summed E-state index contributed by atoms with van der Waals surface area (Å²) in [7, 11) is 0. The molecule has 1 unspecified atom stereocenters. The molecule has 1 fully saturated rings. The Labute approximate surface area is 233 Å². The molecule has 8 nitrogen and oxygen atoms in total. The number of hydrogen-bond acceptors (Lipinski definition) is 5. The number of rotatable bonds is 8. The Kier molecular flexibility index (Phi) is 9.00. The molecule has 2 amide bonds. The van der Waals surface area contributed by atoms with Crippen LogP contribution in [-0.4, -0.2) is 50.6 Å².